The quantitative estimate of drug-likeness (QED) is 0.504. The number of nitrogens with one attached hydrogen (secondary N) is 1. The zero-order chi connectivity index (χ0) is 19.2. The molecule has 4 aromatic rings. The molecule has 0 saturated carbocycles. The molecule has 0 atom stereocenters. The molecule has 138 valence electrons. The van der Waals surface area contributed by atoms with Crippen molar-refractivity contribution in [2.45, 2.75) is 6.61 Å². The number of aromatic nitrogens is 2. The maximum atomic E-state index is 12.7. The van der Waals surface area contributed by atoms with Gasteiger partial charge in [0.1, 0.15) is 17.4 Å². The molecule has 3 aromatic carbocycles. The zero-order valence-corrected chi connectivity index (χ0v) is 15.7. The summed E-state index contributed by atoms with van der Waals surface area (Å²) >= 11 is 1.33. The smallest absolute Gasteiger partial charge is 0.261 e. The third-order valence-corrected chi connectivity index (χ3v) is 4.92. The molecule has 1 aromatic heterocycles. The molecule has 0 fully saturated rings. The highest BCUT2D eigenvalue weighted by Gasteiger charge is 2.15. The fourth-order valence-corrected chi connectivity index (χ4v) is 3.40. The normalized spacial score (nSPS) is 10.4. The van der Waals surface area contributed by atoms with Gasteiger partial charge in [-0.2, -0.15) is 0 Å². The predicted octanol–water partition coefficient (Wildman–Crippen LogP) is 5.04. The summed E-state index contributed by atoms with van der Waals surface area (Å²) in [5, 5.41) is 12.2. The second-order valence-corrected chi connectivity index (χ2v) is 6.98. The highest BCUT2D eigenvalue weighted by atomic mass is 32.1. The Morgan fingerprint density at radius 2 is 1.54 bits per heavy atom. The standard InChI is InChI=1S/C22H17N3O2S/c26-20(23-22-25-24-21(28-22)17-11-5-2-6-12-17)18-13-7-8-14-19(18)27-15-16-9-3-1-4-10-16/h1-14H,15H2,(H,23,25,26). The maximum Gasteiger partial charge on any atom is 0.261 e. The molecule has 0 aliphatic heterocycles. The lowest BCUT2D eigenvalue weighted by Crippen LogP contribution is -2.13. The molecule has 0 unspecified atom stereocenters. The van der Waals surface area contributed by atoms with Gasteiger partial charge in [0.05, 0.1) is 5.56 Å². The van der Waals surface area contributed by atoms with Crippen LogP contribution >= 0.6 is 11.3 Å². The second-order valence-electron chi connectivity index (χ2n) is 6.00. The van der Waals surface area contributed by atoms with Gasteiger partial charge in [-0.1, -0.05) is 84.1 Å². The molecule has 0 radical (unpaired) electrons. The fraction of sp³-hybridized carbons (Fsp3) is 0.0455. The van der Waals surface area contributed by atoms with Crippen molar-refractivity contribution in [3.63, 3.8) is 0 Å². The number of ether oxygens (including phenoxy) is 1. The Kier molecular flexibility index (Phi) is 5.40. The molecule has 4 rings (SSSR count). The van der Waals surface area contributed by atoms with E-state index in [1.165, 1.54) is 11.3 Å². The van der Waals surface area contributed by atoms with Crippen LogP contribution in [0, 0.1) is 0 Å². The summed E-state index contributed by atoms with van der Waals surface area (Å²) in [6, 6.07) is 26.7. The van der Waals surface area contributed by atoms with Gasteiger partial charge in [0, 0.05) is 5.56 Å². The summed E-state index contributed by atoms with van der Waals surface area (Å²) in [6.45, 7) is 0.391. The van der Waals surface area contributed by atoms with Crippen molar-refractivity contribution in [1.82, 2.24) is 10.2 Å². The van der Waals surface area contributed by atoms with Crippen LogP contribution in [-0.2, 0) is 6.61 Å². The van der Waals surface area contributed by atoms with Crippen molar-refractivity contribution < 1.29 is 9.53 Å². The molecule has 28 heavy (non-hydrogen) atoms. The first-order valence-electron chi connectivity index (χ1n) is 8.75. The minimum Gasteiger partial charge on any atom is -0.488 e. The summed E-state index contributed by atoms with van der Waals surface area (Å²) < 4.78 is 5.86. The molecular formula is C22H17N3O2S. The second kappa shape index (κ2) is 8.45. The number of carbonyl (C=O) groups excluding carboxylic acids is 1. The number of hydrogen-bond acceptors (Lipinski definition) is 5. The van der Waals surface area contributed by atoms with Gasteiger partial charge in [0.2, 0.25) is 5.13 Å². The number of rotatable bonds is 6. The van der Waals surface area contributed by atoms with E-state index in [0.717, 1.165) is 16.1 Å². The zero-order valence-electron chi connectivity index (χ0n) is 14.9. The topological polar surface area (TPSA) is 64.1 Å². The van der Waals surface area contributed by atoms with E-state index in [0.29, 0.717) is 23.1 Å². The van der Waals surface area contributed by atoms with Crippen molar-refractivity contribution in [3.05, 3.63) is 96.1 Å². The summed E-state index contributed by atoms with van der Waals surface area (Å²) in [5.41, 5.74) is 2.45. The third-order valence-electron chi connectivity index (χ3n) is 4.04. The van der Waals surface area contributed by atoms with E-state index in [9.17, 15) is 4.79 Å². The number of carbonyl (C=O) groups is 1. The van der Waals surface area contributed by atoms with E-state index in [-0.39, 0.29) is 5.91 Å². The molecular weight excluding hydrogens is 370 g/mol. The summed E-state index contributed by atoms with van der Waals surface area (Å²) in [6.07, 6.45) is 0. The minimum atomic E-state index is -0.278. The van der Waals surface area contributed by atoms with Crippen LogP contribution in [-0.4, -0.2) is 16.1 Å². The number of nitrogens with zero attached hydrogens (tertiary/aromatic N) is 2. The minimum absolute atomic E-state index is 0.278. The molecule has 0 aliphatic rings. The van der Waals surface area contributed by atoms with Crippen LogP contribution < -0.4 is 10.1 Å². The highest BCUT2D eigenvalue weighted by Crippen LogP contribution is 2.27. The molecule has 1 amide bonds. The van der Waals surface area contributed by atoms with Gasteiger partial charge in [0.25, 0.3) is 5.91 Å². The number of anilines is 1. The van der Waals surface area contributed by atoms with Crippen molar-refractivity contribution in [3.8, 4) is 16.3 Å². The van der Waals surface area contributed by atoms with Crippen molar-refractivity contribution >= 4 is 22.4 Å². The van der Waals surface area contributed by atoms with Crippen LogP contribution in [0.1, 0.15) is 15.9 Å². The van der Waals surface area contributed by atoms with Crippen molar-refractivity contribution in [2.75, 3.05) is 5.32 Å². The monoisotopic (exact) mass is 387 g/mol. The Labute approximate surface area is 166 Å². The van der Waals surface area contributed by atoms with E-state index < -0.39 is 0 Å². The number of amides is 1. The fourth-order valence-electron chi connectivity index (χ4n) is 2.65. The first-order valence-corrected chi connectivity index (χ1v) is 9.57. The Balaban J connectivity index is 1.47. The van der Waals surface area contributed by atoms with Crippen molar-refractivity contribution in [1.29, 1.82) is 0 Å². The first kappa shape index (κ1) is 17.9. The molecule has 1 N–H and O–H groups in total. The lowest BCUT2D eigenvalue weighted by molar-refractivity contribution is 0.102. The first-order chi connectivity index (χ1) is 13.8. The van der Waals surface area contributed by atoms with Crippen LogP contribution in [0.25, 0.3) is 10.6 Å². The Hall–Kier alpha value is -3.51. The van der Waals surface area contributed by atoms with Gasteiger partial charge in [0.15, 0.2) is 0 Å². The molecule has 0 spiro atoms. The Morgan fingerprint density at radius 1 is 0.857 bits per heavy atom. The Morgan fingerprint density at radius 3 is 2.32 bits per heavy atom. The van der Waals surface area contributed by atoms with Crippen molar-refractivity contribution in [2.24, 2.45) is 0 Å². The summed E-state index contributed by atoms with van der Waals surface area (Å²) in [5.74, 6) is 0.246. The van der Waals surface area contributed by atoms with E-state index in [2.05, 4.69) is 15.5 Å². The molecule has 0 bridgehead atoms. The highest BCUT2D eigenvalue weighted by molar-refractivity contribution is 7.18. The molecule has 0 aliphatic carbocycles. The predicted molar refractivity (Wildman–Crippen MR) is 111 cm³/mol. The van der Waals surface area contributed by atoms with Gasteiger partial charge in [-0.15, -0.1) is 10.2 Å². The van der Waals surface area contributed by atoms with Crippen LogP contribution in [0.15, 0.2) is 84.9 Å². The number of benzene rings is 3. The van der Waals surface area contributed by atoms with Crippen LogP contribution in [0.4, 0.5) is 5.13 Å². The number of hydrogen-bond donors (Lipinski definition) is 1. The van der Waals surface area contributed by atoms with E-state index in [4.69, 9.17) is 4.74 Å². The van der Waals surface area contributed by atoms with E-state index in [1.807, 2.05) is 66.7 Å². The third kappa shape index (κ3) is 4.24. The van der Waals surface area contributed by atoms with E-state index in [1.54, 1.807) is 18.2 Å². The largest absolute Gasteiger partial charge is 0.488 e. The van der Waals surface area contributed by atoms with Crippen LogP contribution in [0.5, 0.6) is 5.75 Å². The SMILES string of the molecule is O=C(Nc1nnc(-c2ccccc2)s1)c1ccccc1OCc1ccccc1. The van der Waals surface area contributed by atoms with Gasteiger partial charge < -0.3 is 4.74 Å². The van der Waals surface area contributed by atoms with Crippen LogP contribution in [0.3, 0.4) is 0 Å². The average Bonchev–Trinajstić information content (AvgIpc) is 3.22. The Bertz CT molecular complexity index is 1070. The summed E-state index contributed by atoms with van der Waals surface area (Å²) in [7, 11) is 0. The van der Waals surface area contributed by atoms with Gasteiger partial charge in [-0.3, -0.25) is 10.1 Å². The number of para-hydroxylation sites is 1. The average molecular weight is 387 g/mol. The summed E-state index contributed by atoms with van der Waals surface area (Å²) in [4.78, 5) is 12.7. The van der Waals surface area contributed by atoms with Gasteiger partial charge >= 0.3 is 0 Å². The van der Waals surface area contributed by atoms with Gasteiger partial charge in [-0.25, -0.2) is 0 Å². The van der Waals surface area contributed by atoms with E-state index >= 15 is 0 Å². The molecule has 0 saturated heterocycles. The molecule has 6 heteroatoms. The van der Waals surface area contributed by atoms with Crippen LogP contribution in [0.2, 0.25) is 0 Å². The van der Waals surface area contributed by atoms with Gasteiger partial charge in [-0.05, 0) is 17.7 Å². The lowest BCUT2D eigenvalue weighted by Gasteiger charge is -2.10. The lowest BCUT2D eigenvalue weighted by atomic mass is 10.2. The molecule has 5 nitrogen and oxygen atoms in total. The molecule has 1 heterocycles. The maximum absolute atomic E-state index is 12.7.